The summed E-state index contributed by atoms with van der Waals surface area (Å²) in [5.41, 5.74) is 1.22. The number of piperidine rings is 1. The second-order valence-corrected chi connectivity index (χ2v) is 7.56. The van der Waals surface area contributed by atoms with Gasteiger partial charge in [-0.2, -0.15) is 0 Å². The highest BCUT2D eigenvalue weighted by atomic mass is 35.5. The van der Waals surface area contributed by atoms with Crippen LogP contribution in [0, 0.1) is 11.8 Å². The second-order valence-electron chi connectivity index (χ2n) is 6.47. The van der Waals surface area contributed by atoms with E-state index >= 15 is 0 Å². The van der Waals surface area contributed by atoms with Crippen LogP contribution < -0.4 is 10.6 Å². The summed E-state index contributed by atoms with van der Waals surface area (Å²) in [6.07, 6.45) is 6.56. The van der Waals surface area contributed by atoms with Crippen molar-refractivity contribution in [2.24, 2.45) is 11.8 Å². The van der Waals surface area contributed by atoms with E-state index in [4.69, 9.17) is 0 Å². The molecule has 1 aliphatic carbocycles. The van der Waals surface area contributed by atoms with Gasteiger partial charge in [-0.05, 0) is 51.5 Å². The Kier molecular flexibility index (Phi) is 6.24. The number of nitrogens with one attached hydrogen (secondary N) is 2. The maximum atomic E-state index is 12.4. The van der Waals surface area contributed by atoms with Crippen LogP contribution in [-0.4, -0.2) is 23.5 Å². The fourth-order valence-electron chi connectivity index (χ4n) is 3.42. The number of halogens is 1. The summed E-state index contributed by atoms with van der Waals surface area (Å²) in [5.74, 6) is 1.08. The van der Waals surface area contributed by atoms with Crippen molar-refractivity contribution in [1.82, 2.24) is 10.3 Å². The molecular weight excluding hydrogens is 318 g/mol. The smallest absolute Gasteiger partial charge is 0.229 e. The Labute approximate surface area is 142 Å². The van der Waals surface area contributed by atoms with Gasteiger partial charge < -0.3 is 10.6 Å². The Hall–Kier alpha value is -0.650. The van der Waals surface area contributed by atoms with Crippen LogP contribution >= 0.6 is 23.7 Å². The van der Waals surface area contributed by atoms with Gasteiger partial charge in [-0.15, -0.1) is 23.7 Å². The Morgan fingerprint density at radius 2 is 2.27 bits per heavy atom. The zero-order valence-corrected chi connectivity index (χ0v) is 15.0. The number of carbonyl (C=O) groups is 1. The van der Waals surface area contributed by atoms with Crippen LogP contribution in [0.25, 0.3) is 0 Å². The Morgan fingerprint density at radius 1 is 1.45 bits per heavy atom. The van der Waals surface area contributed by atoms with Crippen LogP contribution in [0.2, 0.25) is 0 Å². The molecule has 2 heterocycles. The van der Waals surface area contributed by atoms with Crippen LogP contribution in [0.4, 0.5) is 5.13 Å². The molecule has 0 spiro atoms. The lowest BCUT2D eigenvalue weighted by atomic mass is 9.89. The third kappa shape index (κ3) is 4.00. The van der Waals surface area contributed by atoms with Crippen molar-refractivity contribution in [3.8, 4) is 0 Å². The first kappa shape index (κ1) is 17.7. The van der Waals surface area contributed by atoms with E-state index < -0.39 is 0 Å². The van der Waals surface area contributed by atoms with Crippen molar-refractivity contribution in [3.63, 3.8) is 0 Å². The normalized spacial score (nSPS) is 27.6. The summed E-state index contributed by atoms with van der Waals surface area (Å²) < 4.78 is 0. The molecule has 2 N–H and O–H groups in total. The van der Waals surface area contributed by atoms with Gasteiger partial charge in [0.2, 0.25) is 5.91 Å². The summed E-state index contributed by atoms with van der Waals surface area (Å²) in [5, 5.41) is 7.26. The molecule has 3 atom stereocenters. The highest BCUT2D eigenvalue weighted by molar-refractivity contribution is 7.15. The van der Waals surface area contributed by atoms with Gasteiger partial charge in [-0.1, -0.05) is 13.3 Å². The van der Waals surface area contributed by atoms with E-state index in [0.29, 0.717) is 6.04 Å². The number of amides is 1. The third-order valence-electron chi connectivity index (χ3n) is 4.84. The van der Waals surface area contributed by atoms with E-state index in [2.05, 4.69) is 29.5 Å². The summed E-state index contributed by atoms with van der Waals surface area (Å²) in [6.45, 7) is 5.34. The molecule has 0 saturated carbocycles. The lowest BCUT2D eigenvalue weighted by Gasteiger charge is -2.26. The minimum atomic E-state index is 0. The molecule has 0 radical (unpaired) electrons. The molecule has 0 aromatic carbocycles. The number of thiazole rings is 1. The van der Waals surface area contributed by atoms with Gasteiger partial charge in [0.1, 0.15) is 0 Å². The molecule has 1 saturated heterocycles. The van der Waals surface area contributed by atoms with Gasteiger partial charge >= 0.3 is 0 Å². The number of rotatable bonds is 3. The molecule has 1 unspecified atom stereocenters. The number of aromatic nitrogens is 1. The first-order valence-electron chi connectivity index (χ1n) is 8.18. The van der Waals surface area contributed by atoms with Crippen LogP contribution in [0.3, 0.4) is 0 Å². The highest BCUT2D eigenvalue weighted by Crippen LogP contribution is 2.33. The molecule has 1 amide bonds. The SMILES string of the molecule is CCC1CCc2nc(NC(=O)[C@H]3CCN[C@@H](C)C3)sc2C1.Cl. The number of nitrogens with zero attached hydrogens (tertiary/aromatic N) is 1. The molecule has 2 aliphatic rings. The van der Waals surface area contributed by atoms with Crippen molar-refractivity contribution >= 4 is 34.8 Å². The van der Waals surface area contributed by atoms with Crippen LogP contribution in [-0.2, 0) is 17.6 Å². The molecule has 22 heavy (non-hydrogen) atoms. The molecule has 0 bridgehead atoms. The van der Waals surface area contributed by atoms with Crippen LogP contribution in [0.1, 0.15) is 50.1 Å². The number of carbonyl (C=O) groups excluding carboxylic acids is 1. The third-order valence-corrected chi connectivity index (χ3v) is 5.88. The van der Waals surface area contributed by atoms with Gasteiger partial charge in [0.05, 0.1) is 5.69 Å². The second kappa shape index (κ2) is 7.75. The first-order chi connectivity index (χ1) is 10.2. The quantitative estimate of drug-likeness (QED) is 0.884. The number of hydrogen-bond acceptors (Lipinski definition) is 4. The Morgan fingerprint density at radius 3 is 3.00 bits per heavy atom. The standard InChI is InChI=1S/C16H25N3OS.ClH/c1-3-11-4-5-13-14(9-11)21-16(18-13)19-15(20)12-6-7-17-10(2)8-12;/h10-12,17H,3-9H2,1-2H3,(H,18,19,20);1H/t10-,11?,12-;/m0./s1. The summed E-state index contributed by atoms with van der Waals surface area (Å²) in [4.78, 5) is 18.4. The van der Waals surface area contributed by atoms with Crippen LogP contribution in [0.5, 0.6) is 0 Å². The van der Waals surface area contributed by atoms with E-state index in [0.717, 1.165) is 43.3 Å². The molecule has 4 nitrogen and oxygen atoms in total. The van der Waals surface area contributed by atoms with Crippen LogP contribution in [0.15, 0.2) is 0 Å². The largest absolute Gasteiger partial charge is 0.314 e. The summed E-state index contributed by atoms with van der Waals surface area (Å²) in [6, 6.07) is 0.435. The number of hydrogen-bond donors (Lipinski definition) is 2. The molecule has 1 aromatic heterocycles. The zero-order valence-electron chi connectivity index (χ0n) is 13.4. The van der Waals surface area contributed by atoms with Gasteiger partial charge in [-0.25, -0.2) is 4.98 Å². The van der Waals surface area contributed by atoms with Gasteiger partial charge in [-0.3, -0.25) is 4.79 Å². The van der Waals surface area contributed by atoms with E-state index in [1.54, 1.807) is 11.3 Å². The minimum absolute atomic E-state index is 0. The first-order valence-corrected chi connectivity index (χ1v) is 9.00. The molecule has 1 fully saturated rings. The van der Waals surface area contributed by atoms with Gasteiger partial charge in [0, 0.05) is 16.8 Å². The maximum absolute atomic E-state index is 12.4. The summed E-state index contributed by atoms with van der Waals surface area (Å²) in [7, 11) is 0. The number of aryl methyl sites for hydroxylation is 1. The zero-order chi connectivity index (χ0) is 14.8. The predicted molar refractivity (Wildman–Crippen MR) is 94.0 cm³/mol. The van der Waals surface area contributed by atoms with E-state index in [1.165, 1.54) is 23.4 Å². The van der Waals surface area contributed by atoms with Gasteiger partial charge in [0.15, 0.2) is 5.13 Å². The Balaban J connectivity index is 0.00000176. The van der Waals surface area contributed by atoms with E-state index in [1.807, 2.05) is 0 Å². The highest BCUT2D eigenvalue weighted by Gasteiger charge is 2.26. The lowest BCUT2D eigenvalue weighted by Crippen LogP contribution is -2.40. The molecule has 6 heteroatoms. The predicted octanol–water partition coefficient (Wildman–Crippen LogP) is 3.41. The fraction of sp³-hybridized carbons (Fsp3) is 0.750. The van der Waals surface area contributed by atoms with Crippen molar-refractivity contribution < 1.29 is 4.79 Å². The van der Waals surface area contributed by atoms with Crippen molar-refractivity contribution in [2.75, 3.05) is 11.9 Å². The molecular formula is C16H26ClN3OS. The molecule has 124 valence electrons. The van der Waals surface area contributed by atoms with Crippen molar-refractivity contribution in [3.05, 3.63) is 10.6 Å². The maximum Gasteiger partial charge on any atom is 0.229 e. The average Bonchev–Trinajstić information content (AvgIpc) is 2.88. The van der Waals surface area contributed by atoms with E-state index in [-0.39, 0.29) is 24.2 Å². The molecule has 1 aromatic rings. The average molecular weight is 344 g/mol. The fourth-order valence-corrected chi connectivity index (χ4v) is 4.55. The minimum Gasteiger partial charge on any atom is -0.314 e. The molecule has 1 aliphatic heterocycles. The lowest BCUT2D eigenvalue weighted by molar-refractivity contribution is -0.120. The number of anilines is 1. The summed E-state index contributed by atoms with van der Waals surface area (Å²) >= 11 is 1.69. The molecule has 3 rings (SSSR count). The topological polar surface area (TPSA) is 54.0 Å². The van der Waals surface area contributed by atoms with Gasteiger partial charge in [0.25, 0.3) is 0 Å². The Bertz CT molecular complexity index is 519. The monoisotopic (exact) mass is 343 g/mol. The van der Waals surface area contributed by atoms with E-state index in [9.17, 15) is 4.79 Å². The van der Waals surface area contributed by atoms with Crippen molar-refractivity contribution in [1.29, 1.82) is 0 Å². The number of fused-ring (bicyclic) bond motifs is 1. The van der Waals surface area contributed by atoms with Crippen molar-refractivity contribution in [2.45, 2.75) is 58.4 Å².